The summed E-state index contributed by atoms with van der Waals surface area (Å²) >= 11 is 0. The summed E-state index contributed by atoms with van der Waals surface area (Å²) in [4.78, 5) is 10.8. The molecule has 0 aliphatic heterocycles. The normalized spacial score (nSPS) is 14.2. The lowest BCUT2D eigenvalue weighted by Gasteiger charge is -2.17. The first-order chi connectivity index (χ1) is 7.41. The lowest BCUT2D eigenvalue weighted by atomic mass is 10.1. The van der Waals surface area contributed by atoms with Crippen molar-refractivity contribution in [3.05, 3.63) is 29.3 Å². The maximum absolute atomic E-state index is 10.8. The van der Waals surface area contributed by atoms with Crippen LogP contribution in [0.15, 0.2) is 18.2 Å². The number of aliphatic hydroxyl groups excluding tert-OH is 1. The van der Waals surface area contributed by atoms with Crippen LogP contribution in [-0.2, 0) is 0 Å². The van der Waals surface area contributed by atoms with E-state index >= 15 is 0 Å². The van der Waals surface area contributed by atoms with Gasteiger partial charge in [0.2, 0.25) is 0 Å². The number of ether oxygens (including phenoxy) is 1. The number of carboxylic acids is 1. The summed E-state index contributed by atoms with van der Waals surface area (Å²) in [7, 11) is 0. The van der Waals surface area contributed by atoms with E-state index in [9.17, 15) is 9.90 Å². The third kappa shape index (κ3) is 2.97. The molecule has 0 saturated carbocycles. The van der Waals surface area contributed by atoms with Crippen LogP contribution in [0, 0.1) is 6.92 Å². The number of carboxylic acid groups (broad SMARTS) is 1. The second-order valence-electron chi connectivity index (χ2n) is 3.85. The van der Waals surface area contributed by atoms with Gasteiger partial charge in [0.1, 0.15) is 11.9 Å². The van der Waals surface area contributed by atoms with Crippen molar-refractivity contribution in [1.82, 2.24) is 0 Å². The van der Waals surface area contributed by atoms with E-state index < -0.39 is 12.1 Å². The number of aliphatic hydroxyl groups is 1. The quantitative estimate of drug-likeness (QED) is 0.819. The molecule has 0 heterocycles. The Bertz CT molecular complexity index is 385. The highest BCUT2D eigenvalue weighted by Gasteiger charge is 2.12. The van der Waals surface area contributed by atoms with E-state index in [1.54, 1.807) is 32.9 Å². The Morgan fingerprint density at radius 2 is 2.00 bits per heavy atom. The zero-order valence-electron chi connectivity index (χ0n) is 9.60. The van der Waals surface area contributed by atoms with Crippen LogP contribution in [0.2, 0.25) is 0 Å². The van der Waals surface area contributed by atoms with Gasteiger partial charge in [-0.25, -0.2) is 4.79 Å². The summed E-state index contributed by atoms with van der Waals surface area (Å²) in [6.07, 6.45) is -0.894. The molecule has 0 radical (unpaired) electrons. The van der Waals surface area contributed by atoms with E-state index in [0.717, 1.165) is 0 Å². The molecule has 2 unspecified atom stereocenters. The monoisotopic (exact) mass is 224 g/mol. The van der Waals surface area contributed by atoms with Crippen LogP contribution in [0.1, 0.15) is 29.8 Å². The van der Waals surface area contributed by atoms with Crippen LogP contribution in [0.4, 0.5) is 0 Å². The standard InChI is InChI=1S/C12H16O4/c1-7-6-10(16-9(3)8(2)13)4-5-11(7)12(14)15/h4-6,8-9,13H,1-3H3,(H,14,15). The number of benzene rings is 1. The summed E-state index contributed by atoms with van der Waals surface area (Å²) < 4.78 is 5.45. The molecule has 0 spiro atoms. The Morgan fingerprint density at radius 3 is 2.44 bits per heavy atom. The van der Waals surface area contributed by atoms with Crippen molar-refractivity contribution < 1.29 is 19.7 Å². The second-order valence-corrected chi connectivity index (χ2v) is 3.85. The van der Waals surface area contributed by atoms with Gasteiger partial charge in [0.15, 0.2) is 0 Å². The summed E-state index contributed by atoms with van der Waals surface area (Å²) in [6, 6.07) is 4.75. The van der Waals surface area contributed by atoms with Crippen molar-refractivity contribution in [2.24, 2.45) is 0 Å². The molecule has 0 aromatic heterocycles. The molecule has 0 amide bonds. The largest absolute Gasteiger partial charge is 0.488 e. The maximum atomic E-state index is 10.8. The van der Waals surface area contributed by atoms with Gasteiger partial charge in [-0.3, -0.25) is 0 Å². The molecule has 2 N–H and O–H groups in total. The summed E-state index contributed by atoms with van der Waals surface area (Å²) in [5, 5.41) is 18.1. The number of aromatic carboxylic acids is 1. The van der Waals surface area contributed by atoms with Gasteiger partial charge in [0, 0.05) is 0 Å². The third-order valence-electron chi connectivity index (χ3n) is 2.43. The van der Waals surface area contributed by atoms with Crippen molar-refractivity contribution in [2.75, 3.05) is 0 Å². The molecule has 1 rings (SSSR count). The minimum Gasteiger partial charge on any atom is -0.488 e. The van der Waals surface area contributed by atoms with Crippen LogP contribution in [0.3, 0.4) is 0 Å². The fraction of sp³-hybridized carbons (Fsp3) is 0.417. The molecule has 0 fully saturated rings. The molecule has 0 aliphatic rings. The van der Waals surface area contributed by atoms with Crippen molar-refractivity contribution >= 4 is 5.97 Å². The zero-order valence-corrected chi connectivity index (χ0v) is 9.60. The van der Waals surface area contributed by atoms with Gasteiger partial charge in [0.25, 0.3) is 0 Å². The molecule has 88 valence electrons. The second kappa shape index (κ2) is 4.99. The minimum absolute atomic E-state index is 0.261. The maximum Gasteiger partial charge on any atom is 0.335 e. The van der Waals surface area contributed by atoms with Crippen LogP contribution in [0.5, 0.6) is 5.75 Å². The minimum atomic E-state index is -0.951. The Balaban J connectivity index is 2.85. The number of rotatable bonds is 4. The molecule has 0 aliphatic carbocycles. The molecular formula is C12H16O4. The van der Waals surface area contributed by atoms with E-state index in [1.165, 1.54) is 6.07 Å². The predicted octanol–water partition coefficient (Wildman–Crippen LogP) is 1.84. The van der Waals surface area contributed by atoms with E-state index in [2.05, 4.69) is 0 Å². The van der Waals surface area contributed by atoms with Gasteiger partial charge in [-0.05, 0) is 44.5 Å². The molecule has 0 bridgehead atoms. The molecular weight excluding hydrogens is 208 g/mol. The van der Waals surface area contributed by atoms with Gasteiger partial charge >= 0.3 is 5.97 Å². The molecule has 2 atom stereocenters. The smallest absolute Gasteiger partial charge is 0.335 e. The lowest BCUT2D eigenvalue weighted by Crippen LogP contribution is -2.25. The highest BCUT2D eigenvalue weighted by molar-refractivity contribution is 5.89. The molecule has 0 saturated heterocycles. The van der Waals surface area contributed by atoms with Gasteiger partial charge in [-0.1, -0.05) is 0 Å². The van der Waals surface area contributed by atoms with Crippen molar-refractivity contribution in [1.29, 1.82) is 0 Å². The molecule has 1 aromatic carbocycles. The zero-order chi connectivity index (χ0) is 12.3. The number of carbonyl (C=O) groups is 1. The van der Waals surface area contributed by atoms with Crippen molar-refractivity contribution in [3.63, 3.8) is 0 Å². The van der Waals surface area contributed by atoms with Gasteiger partial charge in [0.05, 0.1) is 11.7 Å². The fourth-order valence-electron chi connectivity index (χ4n) is 1.26. The highest BCUT2D eigenvalue weighted by atomic mass is 16.5. The number of hydrogen-bond acceptors (Lipinski definition) is 3. The highest BCUT2D eigenvalue weighted by Crippen LogP contribution is 2.19. The SMILES string of the molecule is Cc1cc(OC(C)C(C)O)ccc1C(=O)O. The lowest BCUT2D eigenvalue weighted by molar-refractivity contribution is 0.0602. The van der Waals surface area contributed by atoms with Crippen molar-refractivity contribution in [3.8, 4) is 5.75 Å². The van der Waals surface area contributed by atoms with Crippen LogP contribution in [0.25, 0.3) is 0 Å². The Labute approximate surface area is 94.5 Å². The molecule has 4 heteroatoms. The summed E-state index contributed by atoms with van der Waals surface area (Å²) in [5.41, 5.74) is 0.903. The van der Waals surface area contributed by atoms with Crippen LogP contribution >= 0.6 is 0 Å². The molecule has 1 aromatic rings. The number of hydrogen-bond donors (Lipinski definition) is 2. The Hall–Kier alpha value is -1.55. The topological polar surface area (TPSA) is 66.8 Å². The predicted molar refractivity (Wildman–Crippen MR) is 59.9 cm³/mol. The number of aryl methyl sites for hydroxylation is 1. The first-order valence-corrected chi connectivity index (χ1v) is 5.10. The first-order valence-electron chi connectivity index (χ1n) is 5.10. The van der Waals surface area contributed by atoms with Crippen LogP contribution in [-0.4, -0.2) is 28.4 Å². The average molecular weight is 224 g/mol. The summed E-state index contributed by atoms with van der Waals surface area (Å²) in [5.74, 6) is -0.386. The van der Waals surface area contributed by atoms with Gasteiger partial charge in [-0.15, -0.1) is 0 Å². The molecule has 16 heavy (non-hydrogen) atoms. The summed E-state index contributed by atoms with van der Waals surface area (Å²) in [6.45, 7) is 5.11. The average Bonchev–Trinajstić information content (AvgIpc) is 2.16. The Morgan fingerprint density at radius 1 is 1.38 bits per heavy atom. The van der Waals surface area contributed by atoms with E-state index in [1.807, 2.05) is 0 Å². The first kappa shape index (κ1) is 12.5. The van der Waals surface area contributed by atoms with Gasteiger partial charge < -0.3 is 14.9 Å². The molecule has 4 nitrogen and oxygen atoms in total. The van der Waals surface area contributed by atoms with E-state index in [4.69, 9.17) is 9.84 Å². The van der Waals surface area contributed by atoms with Gasteiger partial charge in [-0.2, -0.15) is 0 Å². The fourth-order valence-corrected chi connectivity index (χ4v) is 1.26. The van der Waals surface area contributed by atoms with E-state index in [-0.39, 0.29) is 11.7 Å². The third-order valence-corrected chi connectivity index (χ3v) is 2.43. The van der Waals surface area contributed by atoms with Crippen LogP contribution < -0.4 is 4.74 Å². The van der Waals surface area contributed by atoms with Crippen molar-refractivity contribution in [2.45, 2.75) is 33.0 Å². The Kier molecular flexibility index (Phi) is 3.90. The van der Waals surface area contributed by atoms with E-state index in [0.29, 0.717) is 11.3 Å².